The Kier molecular flexibility index (Phi) is 4.50. The fourth-order valence-corrected chi connectivity index (χ4v) is 3.28. The van der Waals surface area contributed by atoms with Gasteiger partial charge in [0.25, 0.3) is 0 Å². The minimum atomic E-state index is -3.27. The van der Waals surface area contributed by atoms with Crippen molar-refractivity contribution < 1.29 is 8.42 Å². The van der Waals surface area contributed by atoms with Gasteiger partial charge >= 0.3 is 0 Å². The van der Waals surface area contributed by atoms with Crippen LogP contribution in [0.1, 0.15) is 11.1 Å². The number of hydrogen-bond acceptors (Lipinski definition) is 3. The molecule has 1 N–H and O–H groups in total. The molecule has 20 heavy (non-hydrogen) atoms. The second-order valence-corrected chi connectivity index (χ2v) is 7.56. The van der Waals surface area contributed by atoms with E-state index >= 15 is 0 Å². The number of nitrogens with one attached hydrogen (secondary N) is 1. The van der Waals surface area contributed by atoms with Crippen LogP contribution in [0.3, 0.4) is 0 Å². The van der Waals surface area contributed by atoms with Crippen molar-refractivity contribution in [2.75, 3.05) is 11.6 Å². The molecule has 2 rings (SSSR count). The normalized spacial score (nSPS) is 11.3. The molecule has 3 nitrogen and oxygen atoms in total. The molecule has 0 spiro atoms. The number of aryl methyl sites for hydroxylation is 1. The molecule has 2 aromatic carbocycles. The van der Waals surface area contributed by atoms with Crippen molar-refractivity contribution in [1.82, 2.24) is 0 Å². The molecule has 0 fully saturated rings. The molecular formula is C15H15BrNO2S. The van der Waals surface area contributed by atoms with Gasteiger partial charge in [-0.15, -0.1) is 0 Å². The summed E-state index contributed by atoms with van der Waals surface area (Å²) in [6.07, 6.45) is 1.21. The zero-order valence-electron chi connectivity index (χ0n) is 11.3. The molecule has 105 valence electrons. The van der Waals surface area contributed by atoms with Crippen molar-refractivity contribution in [2.24, 2.45) is 0 Å². The lowest BCUT2D eigenvalue weighted by Crippen LogP contribution is -2.06. The van der Waals surface area contributed by atoms with Crippen LogP contribution in [0.4, 0.5) is 5.69 Å². The summed E-state index contributed by atoms with van der Waals surface area (Å²) in [5, 5.41) is 3.16. The minimum Gasteiger partial charge on any atom is -0.380 e. The first-order valence-electron chi connectivity index (χ1n) is 6.07. The predicted octanol–water partition coefficient (Wildman–Crippen LogP) is 3.57. The van der Waals surface area contributed by atoms with Crippen LogP contribution in [0.15, 0.2) is 45.8 Å². The van der Waals surface area contributed by atoms with E-state index < -0.39 is 9.84 Å². The smallest absolute Gasteiger partial charge is 0.177 e. The molecule has 0 atom stereocenters. The van der Waals surface area contributed by atoms with Crippen LogP contribution in [0, 0.1) is 13.0 Å². The number of rotatable bonds is 4. The molecule has 0 aliphatic heterocycles. The Labute approximate surface area is 128 Å². The van der Waals surface area contributed by atoms with Crippen molar-refractivity contribution in [1.29, 1.82) is 0 Å². The Morgan fingerprint density at radius 1 is 1.25 bits per heavy atom. The summed E-state index contributed by atoms with van der Waals surface area (Å²) in [6.45, 7) is 2.55. The van der Waals surface area contributed by atoms with Crippen molar-refractivity contribution >= 4 is 31.5 Å². The molecule has 0 saturated heterocycles. The minimum absolute atomic E-state index is 0.291. The fourth-order valence-electron chi connectivity index (χ4n) is 1.89. The molecule has 0 saturated carbocycles. The van der Waals surface area contributed by atoms with Gasteiger partial charge in [-0.3, -0.25) is 0 Å². The summed E-state index contributed by atoms with van der Waals surface area (Å²) in [5.74, 6) is 0. The van der Waals surface area contributed by atoms with Crippen LogP contribution in [0.2, 0.25) is 0 Å². The first-order valence-corrected chi connectivity index (χ1v) is 8.75. The van der Waals surface area contributed by atoms with Gasteiger partial charge in [0.2, 0.25) is 0 Å². The highest BCUT2D eigenvalue weighted by molar-refractivity contribution is 9.10. The summed E-state index contributed by atoms with van der Waals surface area (Å²) in [4.78, 5) is 0.291. The zero-order valence-corrected chi connectivity index (χ0v) is 13.7. The summed E-state index contributed by atoms with van der Waals surface area (Å²) in [6, 6.07) is 14.2. The van der Waals surface area contributed by atoms with Gasteiger partial charge in [0.15, 0.2) is 9.84 Å². The van der Waals surface area contributed by atoms with Crippen molar-refractivity contribution in [3.63, 3.8) is 0 Å². The highest BCUT2D eigenvalue weighted by Gasteiger charge is 2.13. The number of hydrogen-bond donors (Lipinski definition) is 1. The van der Waals surface area contributed by atoms with Gasteiger partial charge in [-0.2, -0.15) is 0 Å². The van der Waals surface area contributed by atoms with E-state index in [0.717, 1.165) is 15.6 Å². The monoisotopic (exact) mass is 352 g/mol. The van der Waals surface area contributed by atoms with Crippen LogP contribution in [0.25, 0.3) is 0 Å². The third-order valence-corrected chi connectivity index (χ3v) is 4.46. The molecule has 0 aliphatic carbocycles. The largest absolute Gasteiger partial charge is 0.380 e. The quantitative estimate of drug-likeness (QED) is 0.914. The molecular weight excluding hydrogens is 338 g/mol. The summed E-state index contributed by atoms with van der Waals surface area (Å²) in [5.41, 5.74) is 2.75. The van der Waals surface area contributed by atoms with E-state index in [1.54, 1.807) is 12.1 Å². The number of benzene rings is 2. The number of sulfone groups is 1. The second-order valence-electron chi connectivity index (χ2n) is 4.66. The highest BCUT2D eigenvalue weighted by atomic mass is 79.9. The Balaban J connectivity index is 2.26. The average molecular weight is 353 g/mol. The van der Waals surface area contributed by atoms with Crippen LogP contribution < -0.4 is 5.32 Å². The molecule has 0 aromatic heterocycles. The Morgan fingerprint density at radius 2 is 2.00 bits per heavy atom. The maximum Gasteiger partial charge on any atom is 0.177 e. The van der Waals surface area contributed by atoms with E-state index in [2.05, 4.69) is 27.3 Å². The molecule has 0 bridgehead atoms. The van der Waals surface area contributed by atoms with Crippen LogP contribution in [0.5, 0.6) is 0 Å². The Bertz CT molecular complexity index is 726. The zero-order chi connectivity index (χ0) is 14.8. The van der Waals surface area contributed by atoms with Crippen LogP contribution >= 0.6 is 15.9 Å². The lowest BCUT2D eigenvalue weighted by atomic mass is 10.1. The molecule has 0 amide bonds. The van der Waals surface area contributed by atoms with Gasteiger partial charge in [-0.05, 0) is 36.8 Å². The van der Waals surface area contributed by atoms with Gasteiger partial charge in [0.05, 0.1) is 10.6 Å². The second kappa shape index (κ2) is 5.97. The standard InChI is InChI=1S/C15H15BrNO2S/c1-11-4-3-5-12(8-11)10-17-14-7-6-13(16)9-15(14)20(2,18)19/h3-4,6-9,17H,10H2,1-2H3. The molecule has 1 radical (unpaired) electrons. The van der Waals surface area contributed by atoms with E-state index in [1.165, 1.54) is 6.26 Å². The summed E-state index contributed by atoms with van der Waals surface area (Å²) >= 11 is 3.30. The topological polar surface area (TPSA) is 46.2 Å². The SMILES string of the molecule is Cc1cc[c]c(CNc2ccc(Br)cc2S(C)(=O)=O)c1. The first-order chi connectivity index (χ1) is 9.36. The molecule has 5 heteroatoms. The number of halogens is 1. The number of anilines is 1. The van der Waals surface area contributed by atoms with Gasteiger partial charge in [0.1, 0.15) is 0 Å². The Morgan fingerprint density at radius 3 is 2.65 bits per heavy atom. The van der Waals surface area contributed by atoms with Crippen molar-refractivity contribution in [3.8, 4) is 0 Å². The van der Waals surface area contributed by atoms with Gasteiger partial charge in [-0.1, -0.05) is 39.7 Å². The third kappa shape index (κ3) is 3.84. The van der Waals surface area contributed by atoms with Gasteiger partial charge < -0.3 is 5.32 Å². The van der Waals surface area contributed by atoms with Crippen LogP contribution in [-0.4, -0.2) is 14.7 Å². The van der Waals surface area contributed by atoms with Gasteiger partial charge in [-0.25, -0.2) is 8.42 Å². The maximum absolute atomic E-state index is 11.8. The third-order valence-electron chi connectivity index (χ3n) is 2.83. The average Bonchev–Trinajstić information content (AvgIpc) is 2.36. The molecule has 2 aromatic rings. The fraction of sp³-hybridized carbons (Fsp3) is 0.200. The van der Waals surface area contributed by atoms with E-state index in [9.17, 15) is 8.42 Å². The van der Waals surface area contributed by atoms with E-state index in [0.29, 0.717) is 17.1 Å². The highest BCUT2D eigenvalue weighted by Crippen LogP contribution is 2.25. The van der Waals surface area contributed by atoms with Crippen molar-refractivity contribution in [2.45, 2.75) is 18.4 Å². The lowest BCUT2D eigenvalue weighted by Gasteiger charge is -2.11. The Hall–Kier alpha value is -1.33. The van der Waals surface area contributed by atoms with E-state index in [4.69, 9.17) is 0 Å². The van der Waals surface area contributed by atoms with Gasteiger partial charge in [0, 0.05) is 17.3 Å². The summed E-state index contributed by atoms with van der Waals surface area (Å²) < 4.78 is 24.3. The molecule has 0 unspecified atom stereocenters. The molecule has 0 aliphatic rings. The van der Waals surface area contributed by atoms with Crippen LogP contribution in [-0.2, 0) is 16.4 Å². The summed E-state index contributed by atoms with van der Waals surface area (Å²) in [7, 11) is -3.27. The van der Waals surface area contributed by atoms with Crippen molar-refractivity contribution in [3.05, 3.63) is 58.1 Å². The first kappa shape index (κ1) is 15.1. The molecule has 0 heterocycles. The maximum atomic E-state index is 11.8. The lowest BCUT2D eigenvalue weighted by molar-refractivity contribution is 0.602. The van der Waals surface area contributed by atoms with E-state index in [-0.39, 0.29) is 0 Å². The predicted molar refractivity (Wildman–Crippen MR) is 84.6 cm³/mol. The van der Waals surface area contributed by atoms with E-state index in [1.807, 2.05) is 31.2 Å².